The molecule has 2 atom stereocenters. The van der Waals surface area contributed by atoms with E-state index in [-0.39, 0.29) is 11.7 Å². The summed E-state index contributed by atoms with van der Waals surface area (Å²) in [6.07, 6.45) is 5.91. The quantitative estimate of drug-likeness (QED) is 0.527. The Morgan fingerprint density at radius 3 is 2.50 bits per heavy atom. The van der Waals surface area contributed by atoms with E-state index >= 15 is 0 Å². The van der Waals surface area contributed by atoms with Crippen LogP contribution >= 0.6 is 0 Å². The zero-order valence-electron chi connectivity index (χ0n) is 9.28. The minimum Gasteiger partial charge on any atom is -0.448 e. The van der Waals surface area contributed by atoms with E-state index in [1.54, 1.807) is 0 Å². The van der Waals surface area contributed by atoms with E-state index in [0.717, 1.165) is 31.8 Å². The Balaban J connectivity index is 1.90. The fraction of sp³-hybridized carbons (Fsp3) is 0.692. The summed E-state index contributed by atoms with van der Waals surface area (Å²) in [6.45, 7) is 3.40. The molecule has 0 N–H and O–H groups in total. The van der Waals surface area contributed by atoms with Crippen LogP contribution in [0.2, 0.25) is 0 Å². The van der Waals surface area contributed by atoms with Gasteiger partial charge < -0.3 is 4.74 Å². The van der Waals surface area contributed by atoms with Crippen molar-refractivity contribution >= 4 is 11.8 Å². The molecule has 86 valence electrons. The summed E-state index contributed by atoms with van der Waals surface area (Å²) in [4.78, 5) is 23.6. The SMILES string of the molecule is C=CC(=O)OC12CC3CC(CC(C3)C1=O)C2. The molecule has 3 heteroatoms. The summed E-state index contributed by atoms with van der Waals surface area (Å²) >= 11 is 0. The lowest BCUT2D eigenvalue weighted by atomic mass is 9.53. The Kier molecular flexibility index (Phi) is 2.00. The molecule has 0 amide bonds. The molecule has 0 radical (unpaired) electrons. The van der Waals surface area contributed by atoms with Crippen LogP contribution in [-0.4, -0.2) is 17.4 Å². The topological polar surface area (TPSA) is 43.4 Å². The predicted molar refractivity (Wildman–Crippen MR) is 57.6 cm³/mol. The smallest absolute Gasteiger partial charge is 0.331 e. The molecule has 4 rings (SSSR count). The monoisotopic (exact) mass is 220 g/mol. The van der Waals surface area contributed by atoms with Gasteiger partial charge in [-0.3, -0.25) is 4.79 Å². The van der Waals surface area contributed by atoms with Crippen LogP contribution in [0.4, 0.5) is 0 Å². The van der Waals surface area contributed by atoms with Gasteiger partial charge in [-0.25, -0.2) is 4.79 Å². The lowest BCUT2D eigenvalue weighted by Gasteiger charge is -2.54. The average molecular weight is 220 g/mol. The first-order chi connectivity index (χ1) is 7.63. The molecule has 4 aliphatic carbocycles. The molecule has 4 aliphatic rings. The highest BCUT2D eigenvalue weighted by Crippen LogP contribution is 2.55. The fourth-order valence-electron chi connectivity index (χ4n) is 4.07. The normalized spacial score (nSPS) is 44.5. The molecule has 16 heavy (non-hydrogen) atoms. The lowest BCUT2D eigenvalue weighted by Crippen LogP contribution is -2.59. The van der Waals surface area contributed by atoms with Crippen molar-refractivity contribution in [3.05, 3.63) is 12.7 Å². The standard InChI is InChI=1S/C13H16O3/c1-2-11(14)16-13-6-8-3-9(7-13)5-10(4-8)12(13)15/h2,8-10H,1,3-7H2. The zero-order valence-corrected chi connectivity index (χ0v) is 9.28. The maximum atomic E-state index is 12.2. The van der Waals surface area contributed by atoms with E-state index in [1.165, 1.54) is 6.42 Å². The highest BCUT2D eigenvalue weighted by atomic mass is 16.6. The third-order valence-corrected chi connectivity index (χ3v) is 4.42. The summed E-state index contributed by atoms with van der Waals surface area (Å²) in [5, 5.41) is 0. The third-order valence-electron chi connectivity index (χ3n) is 4.42. The number of hydrogen-bond acceptors (Lipinski definition) is 3. The van der Waals surface area contributed by atoms with Crippen molar-refractivity contribution in [3.8, 4) is 0 Å². The molecular formula is C13H16O3. The molecule has 4 fully saturated rings. The van der Waals surface area contributed by atoms with Crippen LogP contribution in [0.25, 0.3) is 0 Å². The van der Waals surface area contributed by atoms with Gasteiger partial charge in [-0.1, -0.05) is 6.58 Å². The van der Waals surface area contributed by atoms with Crippen molar-refractivity contribution in [2.45, 2.75) is 37.7 Å². The van der Waals surface area contributed by atoms with Crippen LogP contribution in [0.1, 0.15) is 32.1 Å². The van der Waals surface area contributed by atoms with E-state index in [0.29, 0.717) is 11.8 Å². The molecule has 4 saturated carbocycles. The average Bonchev–Trinajstić information content (AvgIpc) is 2.24. The molecular weight excluding hydrogens is 204 g/mol. The number of Topliss-reactive ketones (excluding diaryl/α,β-unsaturated/α-hetero) is 1. The molecule has 0 aromatic heterocycles. The van der Waals surface area contributed by atoms with Crippen LogP contribution in [0, 0.1) is 17.8 Å². The van der Waals surface area contributed by atoms with Crippen LogP contribution in [0.3, 0.4) is 0 Å². The predicted octanol–water partition coefficient (Wildman–Crippen LogP) is 1.86. The number of rotatable bonds is 2. The highest BCUT2D eigenvalue weighted by Gasteiger charge is 2.59. The number of ketones is 1. The number of hydrogen-bond donors (Lipinski definition) is 0. The molecule has 3 nitrogen and oxygen atoms in total. The molecule has 0 aliphatic heterocycles. The minimum atomic E-state index is -0.778. The van der Waals surface area contributed by atoms with Gasteiger partial charge in [-0.05, 0) is 43.9 Å². The number of esters is 1. The molecule has 0 saturated heterocycles. The van der Waals surface area contributed by atoms with E-state index in [2.05, 4.69) is 6.58 Å². The number of carbonyl (C=O) groups excluding carboxylic acids is 2. The van der Waals surface area contributed by atoms with Crippen molar-refractivity contribution in [1.82, 2.24) is 0 Å². The van der Waals surface area contributed by atoms with Gasteiger partial charge in [0.05, 0.1) is 0 Å². The zero-order chi connectivity index (χ0) is 11.3. The van der Waals surface area contributed by atoms with Crippen molar-refractivity contribution in [1.29, 1.82) is 0 Å². The van der Waals surface area contributed by atoms with Crippen LogP contribution in [0.15, 0.2) is 12.7 Å². The van der Waals surface area contributed by atoms with Gasteiger partial charge in [-0.2, -0.15) is 0 Å². The van der Waals surface area contributed by atoms with Gasteiger partial charge >= 0.3 is 5.97 Å². The van der Waals surface area contributed by atoms with Gasteiger partial charge in [-0.15, -0.1) is 0 Å². The number of ether oxygens (including phenoxy) is 1. The Morgan fingerprint density at radius 1 is 1.31 bits per heavy atom. The van der Waals surface area contributed by atoms with Gasteiger partial charge in [0.1, 0.15) is 0 Å². The largest absolute Gasteiger partial charge is 0.448 e. The lowest BCUT2D eigenvalue weighted by molar-refractivity contribution is -0.187. The van der Waals surface area contributed by atoms with Crippen molar-refractivity contribution in [3.63, 3.8) is 0 Å². The second kappa shape index (κ2) is 3.19. The fourth-order valence-corrected chi connectivity index (χ4v) is 4.07. The number of carbonyl (C=O) groups is 2. The summed E-state index contributed by atoms with van der Waals surface area (Å²) < 4.78 is 5.41. The van der Waals surface area contributed by atoms with Crippen LogP contribution in [-0.2, 0) is 14.3 Å². The Bertz CT molecular complexity index is 357. The summed E-state index contributed by atoms with van der Waals surface area (Å²) in [6, 6.07) is 0. The molecule has 0 heterocycles. The van der Waals surface area contributed by atoms with E-state index in [9.17, 15) is 9.59 Å². The third kappa shape index (κ3) is 1.27. The summed E-state index contributed by atoms with van der Waals surface area (Å²) in [5.41, 5.74) is -0.778. The molecule has 2 unspecified atom stereocenters. The Labute approximate surface area is 94.8 Å². The van der Waals surface area contributed by atoms with Crippen molar-refractivity contribution in [2.75, 3.05) is 0 Å². The van der Waals surface area contributed by atoms with Crippen LogP contribution < -0.4 is 0 Å². The van der Waals surface area contributed by atoms with Crippen molar-refractivity contribution < 1.29 is 14.3 Å². The first kappa shape index (κ1) is 10.1. The second-order valence-electron chi connectivity index (χ2n) is 5.53. The van der Waals surface area contributed by atoms with Gasteiger partial charge in [0.25, 0.3) is 0 Å². The van der Waals surface area contributed by atoms with Gasteiger partial charge in [0.2, 0.25) is 0 Å². The molecule has 0 spiro atoms. The summed E-state index contributed by atoms with van der Waals surface area (Å²) in [5.74, 6) is 1.06. The molecule has 0 aromatic rings. The Morgan fingerprint density at radius 2 is 1.94 bits per heavy atom. The first-order valence-corrected chi connectivity index (χ1v) is 6.03. The highest BCUT2D eigenvalue weighted by molar-refractivity contribution is 5.94. The van der Waals surface area contributed by atoms with E-state index in [4.69, 9.17) is 4.74 Å². The Hall–Kier alpha value is -1.12. The maximum Gasteiger partial charge on any atom is 0.331 e. The first-order valence-electron chi connectivity index (χ1n) is 6.03. The summed E-state index contributed by atoms with van der Waals surface area (Å²) in [7, 11) is 0. The molecule has 0 aromatic carbocycles. The van der Waals surface area contributed by atoms with Gasteiger partial charge in [0, 0.05) is 12.0 Å². The maximum absolute atomic E-state index is 12.2. The van der Waals surface area contributed by atoms with Crippen LogP contribution in [0.5, 0.6) is 0 Å². The van der Waals surface area contributed by atoms with Crippen molar-refractivity contribution in [2.24, 2.45) is 17.8 Å². The van der Waals surface area contributed by atoms with E-state index in [1.807, 2.05) is 0 Å². The molecule has 4 bridgehead atoms. The second-order valence-corrected chi connectivity index (χ2v) is 5.53. The van der Waals surface area contributed by atoms with Gasteiger partial charge in [0.15, 0.2) is 11.4 Å². The minimum absolute atomic E-state index is 0.156. The van der Waals surface area contributed by atoms with E-state index < -0.39 is 11.6 Å².